The molecule has 5 heteroatoms. The summed E-state index contributed by atoms with van der Waals surface area (Å²) in [4.78, 5) is 13.8. The molecule has 1 heterocycles. The van der Waals surface area contributed by atoms with Crippen LogP contribution in [0.1, 0.15) is 16.1 Å². The van der Waals surface area contributed by atoms with E-state index in [-0.39, 0.29) is 5.91 Å². The summed E-state index contributed by atoms with van der Waals surface area (Å²) >= 11 is 0. The van der Waals surface area contributed by atoms with Gasteiger partial charge in [-0.1, -0.05) is 17.7 Å². The Morgan fingerprint density at radius 1 is 1.11 bits per heavy atom. The lowest BCUT2D eigenvalue weighted by Gasteiger charge is -2.16. The number of hydrogen-bond donors (Lipinski definition) is 1. The zero-order valence-corrected chi connectivity index (χ0v) is 11.2. The Morgan fingerprint density at radius 2 is 1.79 bits per heavy atom. The fourth-order valence-electron chi connectivity index (χ4n) is 1.64. The van der Waals surface area contributed by atoms with Crippen LogP contribution in [0.3, 0.4) is 0 Å². The quantitative estimate of drug-likeness (QED) is 0.913. The number of rotatable bonds is 3. The molecule has 0 unspecified atom stereocenters. The first-order valence-corrected chi connectivity index (χ1v) is 5.98. The Kier molecular flexibility index (Phi) is 3.75. The van der Waals surface area contributed by atoms with Crippen molar-refractivity contribution in [2.24, 2.45) is 0 Å². The molecule has 2 aromatic rings. The van der Waals surface area contributed by atoms with E-state index in [2.05, 4.69) is 15.5 Å². The van der Waals surface area contributed by atoms with Gasteiger partial charge in [0.2, 0.25) is 0 Å². The van der Waals surface area contributed by atoms with Gasteiger partial charge >= 0.3 is 0 Å². The smallest absolute Gasteiger partial charge is 0.278 e. The van der Waals surface area contributed by atoms with Crippen molar-refractivity contribution in [2.75, 3.05) is 24.3 Å². The Bertz CT molecular complexity index is 563. The first kappa shape index (κ1) is 13.0. The molecule has 0 aliphatic rings. The SMILES string of the molecule is CNc1ccc(C(=O)N(C)c2ccc(C)cc2)nn1. The average Bonchev–Trinajstić information content (AvgIpc) is 2.46. The van der Waals surface area contributed by atoms with Crippen molar-refractivity contribution in [1.82, 2.24) is 10.2 Å². The van der Waals surface area contributed by atoms with E-state index in [1.165, 1.54) is 0 Å². The molecular formula is C14H16N4O. The first-order chi connectivity index (χ1) is 9.11. The summed E-state index contributed by atoms with van der Waals surface area (Å²) in [5.41, 5.74) is 2.31. The van der Waals surface area contributed by atoms with Crippen molar-refractivity contribution < 1.29 is 4.79 Å². The summed E-state index contributed by atoms with van der Waals surface area (Å²) in [5.74, 6) is 0.452. The zero-order chi connectivity index (χ0) is 13.8. The van der Waals surface area contributed by atoms with Gasteiger partial charge in [0.25, 0.3) is 5.91 Å². The van der Waals surface area contributed by atoms with E-state index in [1.54, 1.807) is 31.1 Å². The highest BCUT2D eigenvalue weighted by atomic mass is 16.2. The summed E-state index contributed by atoms with van der Waals surface area (Å²) in [7, 11) is 3.48. The molecular weight excluding hydrogens is 240 g/mol. The zero-order valence-electron chi connectivity index (χ0n) is 11.2. The second-order valence-electron chi connectivity index (χ2n) is 4.25. The molecule has 0 aliphatic carbocycles. The topological polar surface area (TPSA) is 58.1 Å². The number of anilines is 2. The van der Waals surface area contributed by atoms with Crippen molar-refractivity contribution in [3.8, 4) is 0 Å². The second kappa shape index (κ2) is 5.48. The molecule has 0 spiro atoms. The van der Waals surface area contributed by atoms with E-state index in [4.69, 9.17) is 0 Å². The predicted molar refractivity (Wildman–Crippen MR) is 75.5 cm³/mol. The number of hydrogen-bond acceptors (Lipinski definition) is 4. The van der Waals surface area contributed by atoms with Crippen LogP contribution in [0.4, 0.5) is 11.5 Å². The fourth-order valence-corrected chi connectivity index (χ4v) is 1.64. The molecule has 0 saturated carbocycles. The number of benzene rings is 1. The Labute approximate surface area is 112 Å². The van der Waals surface area contributed by atoms with E-state index in [1.807, 2.05) is 31.2 Å². The Morgan fingerprint density at radius 3 is 2.32 bits per heavy atom. The molecule has 0 aliphatic heterocycles. The minimum atomic E-state index is -0.181. The first-order valence-electron chi connectivity index (χ1n) is 5.98. The number of amides is 1. The maximum Gasteiger partial charge on any atom is 0.278 e. The summed E-state index contributed by atoms with van der Waals surface area (Å²) in [6, 6.07) is 11.1. The number of aromatic nitrogens is 2. The molecule has 0 fully saturated rings. The molecule has 0 atom stereocenters. The van der Waals surface area contributed by atoms with Gasteiger partial charge in [0.05, 0.1) is 0 Å². The molecule has 0 bridgehead atoms. The normalized spacial score (nSPS) is 10.1. The van der Waals surface area contributed by atoms with Gasteiger partial charge in [-0.25, -0.2) is 0 Å². The highest BCUT2D eigenvalue weighted by Gasteiger charge is 2.15. The lowest BCUT2D eigenvalue weighted by molar-refractivity contribution is 0.0987. The van der Waals surface area contributed by atoms with Crippen LogP contribution in [0.5, 0.6) is 0 Å². The van der Waals surface area contributed by atoms with Gasteiger partial charge in [-0.2, -0.15) is 0 Å². The van der Waals surface area contributed by atoms with Crippen molar-refractivity contribution >= 4 is 17.4 Å². The molecule has 98 valence electrons. The van der Waals surface area contributed by atoms with Gasteiger partial charge < -0.3 is 10.2 Å². The largest absolute Gasteiger partial charge is 0.372 e. The second-order valence-corrected chi connectivity index (χ2v) is 4.25. The van der Waals surface area contributed by atoms with Crippen LogP contribution in [0.15, 0.2) is 36.4 Å². The molecule has 1 N–H and O–H groups in total. The standard InChI is InChI=1S/C14H16N4O/c1-10-4-6-11(7-5-10)18(3)14(19)12-8-9-13(15-2)17-16-12/h4-9H,1-3H3,(H,15,17). The molecule has 1 aromatic heterocycles. The lowest BCUT2D eigenvalue weighted by Crippen LogP contribution is -2.27. The van der Waals surface area contributed by atoms with E-state index >= 15 is 0 Å². The molecule has 0 saturated heterocycles. The van der Waals surface area contributed by atoms with Crippen LogP contribution in [-0.4, -0.2) is 30.2 Å². The lowest BCUT2D eigenvalue weighted by atomic mass is 10.2. The summed E-state index contributed by atoms with van der Waals surface area (Å²) in [6.45, 7) is 2.01. The summed E-state index contributed by atoms with van der Waals surface area (Å²) in [6.07, 6.45) is 0. The number of carbonyl (C=O) groups excluding carboxylic acids is 1. The third-order valence-electron chi connectivity index (χ3n) is 2.87. The third-order valence-corrected chi connectivity index (χ3v) is 2.87. The minimum absolute atomic E-state index is 0.181. The molecule has 1 aromatic carbocycles. The van der Waals surface area contributed by atoms with Crippen molar-refractivity contribution in [3.63, 3.8) is 0 Å². The van der Waals surface area contributed by atoms with Crippen LogP contribution < -0.4 is 10.2 Å². The van der Waals surface area contributed by atoms with Crippen LogP contribution in [0.25, 0.3) is 0 Å². The maximum absolute atomic E-state index is 12.2. The van der Waals surface area contributed by atoms with Gasteiger partial charge in [0, 0.05) is 19.8 Å². The average molecular weight is 256 g/mol. The molecule has 0 radical (unpaired) electrons. The van der Waals surface area contributed by atoms with Gasteiger partial charge in [-0.15, -0.1) is 10.2 Å². The Hall–Kier alpha value is -2.43. The van der Waals surface area contributed by atoms with Gasteiger partial charge in [-0.05, 0) is 31.2 Å². The minimum Gasteiger partial charge on any atom is -0.372 e. The van der Waals surface area contributed by atoms with Gasteiger partial charge in [0.1, 0.15) is 5.82 Å². The predicted octanol–water partition coefficient (Wildman–Crippen LogP) is 2.10. The van der Waals surface area contributed by atoms with Crippen molar-refractivity contribution in [2.45, 2.75) is 6.92 Å². The fraction of sp³-hybridized carbons (Fsp3) is 0.214. The molecule has 5 nitrogen and oxygen atoms in total. The van der Waals surface area contributed by atoms with Crippen LogP contribution >= 0.6 is 0 Å². The van der Waals surface area contributed by atoms with E-state index in [0.29, 0.717) is 11.5 Å². The van der Waals surface area contributed by atoms with Crippen molar-refractivity contribution in [3.05, 3.63) is 47.7 Å². The summed E-state index contributed by atoms with van der Waals surface area (Å²) < 4.78 is 0. The van der Waals surface area contributed by atoms with E-state index < -0.39 is 0 Å². The van der Waals surface area contributed by atoms with Crippen LogP contribution in [0.2, 0.25) is 0 Å². The Balaban J connectivity index is 2.20. The number of nitrogens with one attached hydrogen (secondary N) is 1. The van der Waals surface area contributed by atoms with Gasteiger partial charge in [0.15, 0.2) is 5.69 Å². The highest BCUT2D eigenvalue weighted by molar-refractivity contribution is 6.04. The van der Waals surface area contributed by atoms with Crippen LogP contribution in [-0.2, 0) is 0 Å². The van der Waals surface area contributed by atoms with Gasteiger partial charge in [-0.3, -0.25) is 4.79 Å². The monoisotopic (exact) mass is 256 g/mol. The number of nitrogens with zero attached hydrogens (tertiary/aromatic N) is 3. The number of aryl methyl sites for hydroxylation is 1. The number of carbonyl (C=O) groups is 1. The van der Waals surface area contributed by atoms with E-state index in [0.717, 1.165) is 11.3 Å². The highest BCUT2D eigenvalue weighted by Crippen LogP contribution is 2.15. The maximum atomic E-state index is 12.2. The third kappa shape index (κ3) is 2.88. The molecule has 2 rings (SSSR count). The molecule has 1 amide bonds. The van der Waals surface area contributed by atoms with E-state index in [9.17, 15) is 4.79 Å². The van der Waals surface area contributed by atoms with Crippen LogP contribution in [0, 0.1) is 6.92 Å². The van der Waals surface area contributed by atoms with Crippen molar-refractivity contribution in [1.29, 1.82) is 0 Å². The summed E-state index contributed by atoms with van der Waals surface area (Å²) in [5, 5.41) is 10.7. The molecule has 19 heavy (non-hydrogen) atoms.